The molecular weight excluding hydrogens is 414 g/mol. The third-order valence-corrected chi connectivity index (χ3v) is 6.95. The summed E-state index contributed by atoms with van der Waals surface area (Å²) in [7, 11) is -2.50. The van der Waals surface area contributed by atoms with Crippen LogP contribution in [-0.2, 0) is 14.8 Å². The molecule has 0 aromatic heterocycles. The maximum atomic E-state index is 12.9. The predicted octanol–water partition coefficient (Wildman–Crippen LogP) is 2.99. The van der Waals surface area contributed by atoms with Crippen molar-refractivity contribution in [3.8, 4) is 0 Å². The van der Waals surface area contributed by atoms with Crippen LogP contribution in [0.5, 0.6) is 0 Å². The molecule has 160 valence electrons. The van der Waals surface area contributed by atoms with Gasteiger partial charge in [-0.3, -0.25) is 9.59 Å². The zero-order valence-corrected chi connectivity index (χ0v) is 17.9. The number of nitrogens with one attached hydrogen (secondary N) is 2. The van der Waals surface area contributed by atoms with E-state index in [4.69, 9.17) is 0 Å². The number of likely N-dealkylation sites (N-methyl/N-ethyl adjacent to an activating group) is 1. The van der Waals surface area contributed by atoms with Crippen molar-refractivity contribution >= 4 is 38.3 Å². The fourth-order valence-electron chi connectivity index (χ4n) is 3.27. The standard InChI is InChI=1S/C23H23N3O4S/c1-26(31(29,30)19-13-10-16-6-2-3-7-17(16)14-19)15-22(27)25-21-9-5-4-8-20(21)23(28)24-18-11-12-18/h2-10,13-14,18H,11-12,15H2,1H3,(H,24,28)(H,25,27). The van der Waals surface area contributed by atoms with Crippen molar-refractivity contribution in [2.75, 3.05) is 18.9 Å². The van der Waals surface area contributed by atoms with E-state index in [0.29, 0.717) is 11.3 Å². The van der Waals surface area contributed by atoms with Crippen LogP contribution in [0.2, 0.25) is 0 Å². The average molecular weight is 438 g/mol. The largest absolute Gasteiger partial charge is 0.349 e. The monoisotopic (exact) mass is 437 g/mol. The molecule has 3 aromatic rings. The molecule has 0 heterocycles. The Morgan fingerprint density at radius 2 is 1.65 bits per heavy atom. The number of carbonyl (C=O) groups is 2. The molecule has 1 fully saturated rings. The SMILES string of the molecule is CN(CC(=O)Nc1ccccc1C(=O)NC1CC1)S(=O)(=O)c1ccc2ccccc2c1. The molecule has 31 heavy (non-hydrogen) atoms. The first-order valence-electron chi connectivity index (χ1n) is 9.99. The van der Waals surface area contributed by atoms with Gasteiger partial charge >= 0.3 is 0 Å². The van der Waals surface area contributed by atoms with E-state index in [2.05, 4.69) is 10.6 Å². The Labute approximate surface area is 181 Å². The molecule has 0 unspecified atom stereocenters. The van der Waals surface area contributed by atoms with Gasteiger partial charge in [0.15, 0.2) is 0 Å². The first kappa shape index (κ1) is 21.0. The first-order chi connectivity index (χ1) is 14.8. The highest BCUT2D eigenvalue weighted by Crippen LogP contribution is 2.23. The minimum Gasteiger partial charge on any atom is -0.349 e. The summed E-state index contributed by atoms with van der Waals surface area (Å²) in [5.74, 6) is -0.783. The van der Waals surface area contributed by atoms with Crippen molar-refractivity contribution in [3.05, 3.63) is 72.3 Å². The molecule has 2 amide bonds. The lowest BCUT2D eigenvalue weighted by molar-refractivity contribution is -0.116. The number of hydrogen-bond donors (Lipinski definition) is 2. The molecule has 1 saturated carbocycles. The second-order valence-corrected chi connectivity index (χ2v) is 9.66. The number of anilines is 1. The Bertz CT molecular complexity index is 1250. The second kappa shape index (κ2) is 8.49. The highest BCUT2D eigenvalue weighted by molar-refractivity contribution is 7.89. The Kier molecular flexibility index (Phi) is 5.75. The summed E-state index contributed by atoms with van der Waals surface area (Å²) in [4.78, 5) is 25.1. The van der Waals surface area contributed by atoms with Crippen molar-refractivity contribution in [3.63, 3.8) is 0 Å². The van der Waals surface area contributed by atoms with Gasteiger partial charge in [-0.25, -0.2) is 8.42 Å². The first-order valence-corrected chi connectivity index (χ1v) is 11.4. The quantitative estimate of drug-likeness (QED) is 0.594. The molecule has 0 bridgehead atoms. The van der Waals surface area contributed by atoms with E-state index in [1.165, 1.54) is 13.1 Å². The highest BCUT2D eigenvalue weighted by Gasteiger charge is 2.26. The summed E-state index contributed by atoms with van der Waals surface area (Å²) in [5, 5.41) is 7.29. The molecule has 2 N–H and O–H groups in total. The molecule has 1 aliphatic carbocycles. The molecule has 8 heteroatoms. The molecule has 7 nitrogen and oxygen atoms in total. The molecular formula is C23H23N3O4S. The van der Waals surface area contributed by atoms with Crippen LogP contribution in [-0.4, -0.2) is 44.2 Å². The number of sulfonamides is 1. The van der Waals surface area contributed by atoms with Crippen molar-refractivity contribution in [1.82, 2.24) is 9.62 Å². The highest BCUT2D eigenvalue weighted by atomic mass is 32.2. The summed E-state index contributed by atoms with van der Waals surface area (Å²) >= 11 is 0. The van der Waals surface area contributed by atoms with E-state index < -0.39 is 15.9 Å². The van der Waals surface area contributed by atoms with Crippen LogP contribution in [0.25, 0.3) is 10.8 Å². The van der Waals surface area contributed by atoms with Crippen LogP contribution in [0, 0.1) is 0 Å². The number of para-hydroxylation sites is 1. The van der Waals surface area contributed by atoms with E-state index in [9.17, 15) is 18.0 Å². The smallest absolute Gasteiger partial charge is 0.253 e. The lowest BCUT2D eigenvalue weighted by Gasteiger charge is -2.18. The van der Waals surface area contributed by atoms with Gasteiger partial charge in [-0.2, -0.15) is 4.31 Å². The van der Waals surface area contributed by atoms with Crippen LogP contribution in [0.1, 0.15) is 23.2 Å². The molecule has 0 saturated heterocycles. The number of nitrogens with zero attached hydrogens (tertiary/aromatic N) is 1. The van der Waals surface area contributed by atoms with Gasteiger partial charge in [0, 0.05) is 13.1 Å². The molecule has 0 radical (unpaired) electrons. The number of carbonyl (C=O) groups excluding carboxylic acids is 2. The minimum atomic E-state index is -3.86. The van der Waals surface area contributed by atoms with Crippen molar-refractivity contribution in [2.45, 2.75) is 23.8 Å². The number of benzene rings is 3. The van der Waals surface area contributed by atoms with Crippen LogP contribution in [0.15, 0.2) is 71.6 Å². The van der Waals surface area contributed by atoms with Gasteiger partial charge in [-0.15, -0.1) is 0 Å². The third kappa shape index (κ3) is 4.76. The van der Waals surface area contributed by atoms with E-state index in [1.807, 2.05) is 24.3 Å². The topological polar surface area (TPSA) is 95.6 Å². The van der Waals surface area contributed by atoms with Gasteiger partial charge in [0.2, 0.25) is 15.9 Å². The molecule has 0 aliphatic heterocycles. The fourth-order valence-corrected chi connectivity index (χ4v) is 4.43. The number of amides is 2. The average Bonchev–Trinajstić information content (AvgIpc) is 3.57. The summed E-state index contributed by atoms with van der Waals surface area (Å²) in [6.07, 6.45) is 1.91. The predicted molar refractivity (Wildman–Crippen MR) is 119 cm³/mol. The zero-order valence-electron chi connectivity index (χ0n) is 17.0. The van der Waals surface area contributed by atoms with Crippen LogP contribution in [0.3, 0.4) is 0 Å². The van der Waals surface area contributed by atoms with Crippen molar-refractivity contribution in [2.24, 2.45) is 0 Å². The lowest BCUT2D eigenvalue weighted by Crippen LogP contribution is -2.35. The fraction of sp³-hybridized carbons (Fsp3) is 0.217. The van der Waals surface area contributed by atoms with E-state index >= 15 is 0 Å². The van der Waals surface area contributed by atoms with Crippen molar-refractivity contribution in [1.29, 1.82) is 0 Å². The van der Waals surface area contributed by atoms with Crippen LogP contribution < -0.4 is 10.6 Å². The number of rotatable bonds is 7. The van der Waals surface area contributed by atoms with E-state index in [1.54, 1.807) is 36.4 Å². The Balaban J connectivity index is 1.47. The number of fused-ring (bicyclic) bond motifs is 1. The third-order valence-electron chi connectivity index (χ3n) is 5.15. The summed E-state index contributed by atoms with van der Waals surface area (Å²) in [6, 6.07) is 19.2. The molecule has 0 atom stereocenters. The van der Waals surface area contributed by atoms with Crippen LogP contribution in [0.4, 0.5) is 5.69 Å². The molecule has 3 aromatic carbocycles. The summed E-state index contributed by atoms with van der Waals surface area (Å²) in [6.45, 7) is -0.381. The number of hydrogen-bond acceptors (Lipinski definition) is 4. The Morgan fingerprint density at radius 1 is 0.968 bits per heavy atom. The van der Waals surface area contributed by atoms with E-state index in [-0.39, 0.29) is 23.4 Å². The van der Waals surface area contributed by atoms with Crippen molar-refractivity contribution < 1.29 is 18.0 Å². The van der Waals surface area contributed by atoms with Gasteiger partial charge in [-0.1, -0.05) is 42.5 Å². The Hall–Kier alpha value is -3.23. The Morgan fingerprint density at radius 3 is 2.39 bits per heavy atom. The molecule has 0 spiro atoms. The van der Waals surface area contributed by atoms with Gasteiger partial charge in [0.05, 0.1) is 22.7 Å². The summed E-state index contributed by atoms with van der Waals surface area (Å²) in [5.41, 5.74) is 0.699. The second-order valence-electron chi connectivity index (χ2n) is 7.61. The van der Waals surface area contributed by atoms with E-state index in [0.717, 1.165) is 27.9 Å². The maximum absolute atomic E-state index is 12.9. The van der Waals surface area contributed by atoms with Gasteiger partial charge in [-0.05, 0) is 47.9 Å². The lowest BCUT2D eigenvalue weighted by atomic mass is 10.1. The maximum Gasteiger partial charge on any atom is 0.253 e. The molecule has 1 aliphatic rings. The van der Waals surface area contributed by atoms with Gasteiger partial charge < -0.3 is 10.6 Å². The van der Waals surface area contributed by atoms with Gasteiger partial charge in [0.1, 0.15) is 0 Å². The zero-order chi connectivity index (χ0) is 22.0. The minimum absolute atomic E-state index is 0.116. The van der Waals surface area contributed by atoms with Gasteiger partial charge in [0.25, 0.3) is 5.91 Å². The summed E-state index contributed by atoms with van der Waals surface area (Å²) < 4.78 is 26.9. The van der Waals surface area contributed by atoms with Crippen LogP contribution >= 0.6 is 0 Å². The normalized spacial score (nSPS) is 13.9. The molecule has 4 rings (SSSR count).